The van der Waals surface area contributed by atoms with Crippen molar-refractivity contribution in [1.82, 2.24) is 9.97 Å². The van der Waals surface area contributed by atoms with Crippen LogP contribution in [0.4, 0.5) is 11.5 Å². The van der Waals surface area contributed by atoms with E-state index in [4.69, 9.17) is 14.6 Å². The van der Waals surface area contributed by atoms with Crippen LogP contribution in [0.1, 0.15) is 5.56 Å². The minimum Gasteiger partial charge on any atom is -0.493 e. The number of rotatable bonds is 6. The number of carbonyl (C=O) groups is 1. The quantitative estimate of drug-likeness (QED) is 0.657. The van der Waals surface area contributed by atoms with Gasteiger partial charge in [-0.25, -0.2) is 14.8 Å². The van der Waals surface area contributed by atoms with Crippen LogP contribution in [0.25, 0.3) is 17.0 Å². The Kier molecular flexibility index (Phi) is 4.98. The van der Waals surface area contributed by atoms with Crippen molar-refractivity contribution in [1.29, 1.82) is 0 Å². The second-order valence-electron chi connectivity index (χ2n) is 5.37. The summed E-state index contributed by atoms with van der Waals surface area (Å²) in [6, 6.07) is 10.9. The monoisotopic (exact) mass is 351 g/mol. The SMILES string of the molecule is COc1cc2ncnc(Nc3ccc(C=CC(=O)O)cc3)c2cc1OC. The van der Waals surface area contributed by atoms with Crippen molar-refractivity contribution in [3.8, 4) is 11.5 Å². The standard InChI is InChI=1S/C19H17N3O4/c1-25-16-9-14-15(10-17(16)26-2)20-11-21-19(14)22-13-6-3-12(4-7-13)5-8-18(23)24/h3-11H,1-2H3,(H,23,24)(H,20,21,22). The Balaban J connectivity index is 1.92. The van der Waals surface area contributed by atoms with E-state index >= 15 is 0 Å². The Hall–Kier alpha value is -3.61. The van der Waals surface area contributed by atoms with Crippen molar-refractivity contribution in [2.24, 2.45) is 0 Å². The minimum absolute atomic E-state index is 0.590. The van der Waals surface area contributed by atoms with E-state index in [0.29, 0.717) is 17.3 Å². The zero-order chi connectivity index (χ0) is 18.5. The van der Waals surface area contributed by atoms with Crippen molar-refractivity contribution in [3.63, 3.8) is 0 Å². The molecular formula is C19H17N3O4. The van der Waals surface area contributed by atoms with Gasteiger partial charge in [0.2, 0.25) is 0 Å². The van der Waals surface area contributed by atoms with Crippen molar-refractivity contribution >= 4 is 34.5 Å². The summed E-state index contributed by atoms with van der Waals surface area (Å²) in [7, 11) is 3.15. The maximum atomic E-state index is 10.6. The highest BCUT2D eigenvalue weighted by Gasteiger charge is 2.11. The lowest BCUT2D eigenvalue weighted by atomic mass is 10.1. The molecule has 2 N–H and O–H groups in total. The number of nitrogens with zero attached hydrogens (tertiary/aromatic N) is 2. The molecule has 0 radical (unpaired) electrons. The Morgan fingerprint density at radius 2 is 1.77 bits per heavy atom. The number of carboxylic acids is 1. The number of ether oxygens (including phenoxy) is 2. The fraction of sp³-hybridized carbons (Fsp3) is 0.105. The molecular weight excluding hydrogens is 334 g/mol. The number of carboxylic acid groups (broad SMARTS) is 1. The zero-order valence-corrected chi connectivity index (χ0v) is 14.3. The summed E-state index contributed by atoms with van der Waals surface area (Å²) >= 11 is 0. The molecule has 0 fully saturated rings. The average Bonchev–Trinajstić information content (AvgIpc) is 2.66. The van der Waals surface area contributed by atoms with Gasteiger partial charge in [-0.3, -0.25) is 0 Å². The zero-order valence-electron chi connectivity index (χ0n) is 14.3. The number of fused-ring (bicyclic) bond motifs is 1. The van der Waals surface area contributed by atoms with Gasteiger partial charge in [0.15, 0.2) is 11.5 Å². The van der Waals surface area contributed by atoms with Gasteiger partial charge < -0.3 is 19.9 Å². The van der Waals surface area contributed by atoms with E-state index < -0.39 is 5.97 Å². The molecule has 7 heteroatoms. The van der Waals surface area contributed by atoms with Crippen LogP contribution in [0, 0.1) is 0 Å². The van der Waals surface area contributed by atoms with E-state index in [1.54, 1.807) is 20.3 Å². The van der Waals surface area contributed by atoms with Crippen LogP contribution >= 0.6 is 0 Å². The van der Waals surface area contributed by atoms with E-state index in [2.05, 4.69) is 15.3 Å². The molecule has 1 aromatic heterocycles. The molecule has 0 spiro atoms. The molecule has 0 bridgehead atoms. The summed E-state index contributed by atoms with van der Waals surface area (Å²) in [5.74, 6) is 0.833. The normalized spacial score (nSPS) is 10.8. The highest BCUT2D eigenvalue weighted by Crippen LogP contribution is 2.34. The predicted octanol–water partition coefficient (Wildman–Crippen LogP) is 3.49. The molecule has 0 atom stereocenters. The molecule has 0 saturated heterocycles. The maximum absolute atomic E-state index is 10.6. The van der Waals surface area contributed by atoms with E-state index in [-0.39, 0.29) is 0 Å². The van der Waals surface area contributed by atoms with Gasteiger partial charge >= 0.3 is 5.97 Å². The third-order valence-electron chi connectivity index (χ3n) is 3.73. The Bertz CT molecular complexity index is 968. The van der Waals surface area contributed by atoms with Crippen molar-refractivity contribution in [2.75, 3.05) is 19.5 Å². The van der Waals surface area contributed by atoms with Gasteiger partial charge in [-0.1, -0.05) is 12.1 Å². The van der Waals surface area contributed by atoms with Gasteiger partial charge in [0.25, 0.3) is 0 Å². The fourth-order valence-electron chi connectivity index (χ4n) is 2.46. The average molecular weight is 351 g/mol. The van der Waals surface area contributed by atoms with Gasteiger partial charge in [-0.05, 0) is 29.8 Å². The number of hydrogen-bond donors (Lipinski definition) is 2. The number of hydrogen-bond acceptors (Lipinski definition) is 6. The predicted molar refractivity (Wildman–Crippen MR) is 99.0 cm³/mol. The van der Waals surface area contributed by atoms with Crippen LogP contribution in [-0.4, -0.2) is 35.3 Å². The fourth-order valence-corrected chi connectivity index (χ4v) is 2.46. The van der Waals surface area contributed by atoms with Gasteiger partial charge in [-0.15, -0.1) is 0 Å². The lowest BCUT2D eigenvalue weighted by molar-refractivity contribution is -0.131. The van der Waals surface area contributed by atoms with E-state index in [0.717, 1.165) is 28.2 Å². The summed E-state index contributed by atoms with van der Waals surface area (Å²) in [5.41, 5.74) is 2.32. The first-order chi connectivity index (χ1) is 12.6. The maximum Gasteiger partial charge on any atom is 0.328 e. The Morgan fingerprint density at radius 1 is 1.08 bits per heavy atom. The Morgan fingerprint density at radius 3 is 2.42 bits per heavy atom. The van der Waals surface area contributed by atoms with Crippen molar-refractivity contribution < 1.29 is 19.4 Å². The molecule has 7 nitrogen and oxygen atoms in total. The molecule has 0 aliphatic heterocycles. The highest BCUT2D eigenvalue weighted by atomic mass is 16.5. The van der Waals surface area contributed by atoms with Crippen molar-refractivity contribution in [3.05, 3.63) is 54.4 Å². The molecule has 0 aliphatic carbocycles. The molecule has 0 amide bonds. The summed E-state index contributed by atoms with van der Waals surface area (Å²) in [5, 5.41) is 12.7. The topological polar surface area (TPSA) is 93.6 Å². The van der Waals surface area contributed by atoms with Crippen LogP contribution in [0.3, 0.4) is 0 Å². The Labute approximate surface area is 149 Å². The number of benzene rings is 2. The first-order valence-corrected chi connectivity index (χ1v) is 7.75. The van der Waals surface area contributed by atoms with Crippen LogP contribution in [0.5, 0.6) is 11.5 Å². The van der Waals surface area contributed by atoms with Gasteiger partial charge in [0.05, 0.1) is 19.7 Å². The largest absolute Gasteiger partial charge is 0.493 e. The number of aromatic nitrogens is 2. The molecule has 0 unspecified atom stereocenters. The van der Waals surface area contributed by atoms with Gasteiger partial charge in [0, 0.05) is 23.2 Å². The van der Waals surface area contributed by atoms with Crippen LogP contribution in [0.15, 0.2) is 48.8 Å². The third kappa shape index (κ3) is 3.72. The smallest absolute Gasteiger partial charge is 0.328 e. The number of aliphatic carboxylic acids is 1. The lowest BCUT2D eigenvalue weighted by Gasteiger charge is -2.12. The van der Waals surface area contributed by atoms with E-state index in [1.807, 2.05) is 30.3 Å². The molecule has 1 heterocycles. The van der Waals surface area contributed by atoms with Crippen LogP contribution in [0.2, 0.25) is 0 Å². The van der Waals surface area contributed by atoms with Crippen molar-refractivity contribution in [2.45, 2.75) is 0 Å². The molecule has 2 aromatic carbocycles. The first-order valence-electron chi connectivity index (χ1n) is 7.75. The van der Waals surface area contributed by atoms with E-state index in [1.165, 1.54) is 12.4 Å². The second kappa shape index (κ2) is 7.52. The molecule has 132 valence electrons. The lowest BCUT2D eigenvalue weighted by Crippen LogP contribution is -1.98. The molecule has 3 rings (SSSR count). The first kappa shape index (κ1) is 17.2. The molecule has 3 aromatic rings. The second-order valence-corrected chi connectivity index (χ2v) is 5.37. The summed E-state index contributed by atoms with van der Waals surface area (Å²) in [6.45, 7) is 0. The van der Waals surface area contributed by atoms with E-state index in [9.17, 15) is 4.79 Å². The number of anilines is 2. The van der Waals surface area contributed by atoms with Gasteiger partial charge in [0.1, 0.15) is 12.1 Å². The number of nitrogens with one attached hydrogen (secondary N) is 1. The number of methoxy groups -OCH3 is 2. The van der Waals surface area contributed by atoms with Gasteiger partial charge in [-0.2, -0.15) is 0 Å². The minimum atomic E-state index is -0.982. The highest BCUT2D eigenvalue weighted by molar-refractivity contribution is 5.93. The summed E-state index contributed by atoms with van der Waals surface area (Å²) in [6.07, 6.45) is 4.10. The third-order valence-corrected chi connectivity index (χ3v) is 3.73. The molecule has 0 saturated carbocycles. The molecule has 0 aliphatic rings. The van der Waals surface area contributed by atoms with Crippen LogP contribution < -0.4 is 14.8 Å². The van der Waals surface area contributed by atoms with Crippen LogP contribution in [-0.2, 0) is 4.79 Å². The summed E-state index contributed by atoms with van der Waals surface area (Å²) < 4.78 is 10.6. The summed E-state index contributed by atoms with van der Waals surface area (Å²) in [4.78, 5) is 19.1. The molecule has 26 heavy (non-hydrogen) atoms.